The first-order chi connectivity index (χ1) is 6.39. The maximum absolute atomic E-state index is 12.3. The molecular weight excluding hydrogens is 278 g/mol. The molecule has 0 saturated heterocycles. The molecule has 0 aliphatic rings. The number of hydrogen-bond acceptors (Lipinski definition) is 4. The molecule has 4 nitrogen and oxygen atoms in total. The van der Waals surface area contributed by atoms with Crippen LogP contribution in [-0.2, 0) is 19.7 Å². The van der Waals surface area contributed by atoms with E-state index >= 15 is 0 Å². The van der Waals surface area contributed by atoms with E-state index in [0.29, 0.717) is 0 Å². The fourth-order valence-corrected chi connectivity index (χ4v) is 2.52. The molecule has 0 aromatic carbocycles. The van der Waals surface area contributed by atoms with E-state index in [4.69, 9.17) is 0 Å². The highest BCUT2D eigenvalue weighted by Crippen LogP contribution is 2.36. The number of sulfone groups is 2. The van der Waals surface area contributed by atoms with Crippen molar-refractivity contribution in [2.75, 3.05) is 0 Å². The van der Waals surface area contributed by atoms with Crippen LogP contribution in [0, 0.1) is 0 Å². The smallest absolute Gasteiger partial charge is 0.215 e. The van der Waals surface area contributed by atoms with Crippen molar-refractivity contribution in [2.45, 2.75) is 16.1 Å². The summed E-state index contributed by atoms with van der Waals surface area (Å²) in [5, 5.41) is 0. The molecule has 0 fully saturated rings. The molecular formula is C3H2F6O4S2. The summed E-state index contributed by atoms with van der Waals surface area (Å²) in [7, 11) is -13.6. The fourth-order valence-electron chi connectivity index (χ4n) is 0.369. The molecule has 0 unspecified atom stereocenters. The van der Waals surface area contributed by atoms with Crippen molar-refractivity contribution >= 4 is 19.7 Å². The normalized spacial score (nSPS) is 14.9. The molecule has 0 aliphatic heterocycles. The predicted octanol–water partition coefficient (Wildman–Crippen LogP) is 0.812. The van der Waals surface area contributed by atoms with Crippen LogP contribution in [0.2, 0.25) is 0 Å². The lowest BCUT2D eigenvalue weighted by Crippen LogP contribution is -2.44. The summed E-state index contributed by atoms with van der Waals surface area (Å²) < 4.78 is 105. The van der Waals surface area contributed by atoms with Gasteiger partial charge in [0, 0.05) is 0 Å². The van der Waals surface area contributed by atoms with Crippen LogP contribution in [0.25, 0.3) is 0 Å². The molecule has 0 aromatic heterocycles. The van der Waals surface area contributed by atoms with Gasteiger partial charge in [0.25, 0.3) is 19.7 Å². The minimum Gasteiger partial charge on any atom is -0.215 e. The lowest BCUT2D eigenvalue weighted by molar-refractivity contribution is 0.139. The van der Waals surface area contributed by atoms with E-state index in [9.17, 15) is 43.2 Å². The van der Waals surface area contributed by atoms with Crippen LogP contribution in [-0.4, -0.2) is 32.9 Å². The minimum atomic E-state index is -6.81. The molecule has 0 bridgehead atoms. The fraction of sp³-hybridized carbons (Fsp3) is 1.00. The van der Waals surface area contributed by atoms with Crippen molar-refractivity contribution < 1.29 is 43.2 Å². The third kappa shape index (κ3) is 2.04. The maximum atomic E-state index is 12.3. The van der Waals surface area contributed by atoms with Crippen LogP contribution >= 0.6 is 0 Å². The SMILES string of the molecule is O=S(=O)(C(F)F)C(F)(F)S(=O)(=O)C(F)F. The Morgan fingerprint density at radius 1 is 0.733 bits per heavy atom. The van der Waals surface area contributed by atoms with Crippen molar-refractivity contribution in [3.05, 3.63) is 0 Å². The number of alkyl halides is 6. The third-order valence-corrected chi connectivity index (χ3v) is 4.79. The zero-order valence-electron chi connectivity index (χ0n) is 6.37. The summed E-state index contributed by atoms with van der Waals surface area (Å²) in [6, 6.07) is 0. The highest BCUT2D eigenvalue weighted by atomic mass is 32.3. The van der Waals surface area contributed by atoms with Crippen molar-refractivity contribution in [1.82, 2.24) is 0 Å². The molecule has 0 atom stereocenters. The number of rotatable bonds is 4. The van der Waals surface area contributed by atoms with Crippen LogP contribution < -0.4 is 0 Å². The first-order valence-corrected chi connectivity index (χ1v) is 5.89. The Morgan fingerprint density at radius 2 is 0.933 bits per heavy atom. The van der Waals surface area contributed by atoms with E-state index in [0.717, 1.165) is 0 Å². The lowest BCUT2D eigenvalue weighted by Gasteiger charge is -2.15. The molecule has 0 heterocycles. The van der Waals surface area contributed by atoms with Gasteiger partial charge in [0.05, 0.1) is 0 Å². The van der Waals surface area contributed by atoms with E-state index in [2.05, 4.69) is 0 Å². The van der Waals surface area contributed by atoms with Crippen LogP contribution in [0.5, 0.6) is 0 Å². The molecule has 0 radical (unpaired) electrons. The van der Waals surface area contributed by atoms with Crippen molar-refractivity contribution in [3.63, 3.8) is 0 Å². The summed E-state index contributed by atoms with van der Waals surface area (Å²) in [5.74, 6) is -9.55. The summed E-state index contributed by atoms with van der Waals surface area (Å²) in [5.41, 5.74) is 0. The molecule has 0 N–H and O–H groups in total. The molecule has 0 rings (SSSR count). The van der Waals surface area contributed by atoms with E-state index in [-0.39, 0.29) is 0 Å². The zero-order valence-corrected chi connectivity index (χ0v) is 8.00. The molecule has 0 spiro atoms. The van der Waals surface area contributed by atoms with E-state index < -0.39 is 35.8 Å². The second kappa shape index (κ2) is 3.81. The van der Waals surface area contributed by atoms with Gasteiger partial charge < -0.3 is 0 Å². The average molecular weight is 280 g/mol. The first-order valence-electron chi connectivity index (χ1n) is 2.80. The summed E-state index contributed by atoms with van der Waals surface area (Å²) in [4.78, 5) is 0. The molecule has 0 amide bonds. The van der Waals surface area contributed by atoms with Crippen molar-refractivity contribution in [2.24, 2.45) is 0 Å². The largest absolute Gasteiger partial charge is 0.456 e. The summed E-state index contributed by atoms with van der Waals surface area (Å²) in [6.07, 6.45) is 0. The summed E-state index contributed by atoms with van der Waals surface area (Å²) in [6.45, 7) is 0. The Kier molecular flexibility index (Phi) is 3.68. The standard InChI is InChI=1S/C3H2F6O4S2/c4-1(5)14(10,11)3(8,9)15(12,13)2(6)7/h1-2H. The minimum absolute atomic E-state index is 4.78. The van der Waals surface area contributed by atoms with Crippen LogP contribution in [0.4, 0.5) is 26.3 Å². The van der Waals surface area contributed by atoms with Crippen LogP contribution in [0.3, 0.4) is 0 Å². The highest BCUT2D eigenvalue weighted by molar-refractivity contribution is 8.10. The Balaban J connectivity index is 5.76. The quantitative estimate of drug-likeness (QED) is 0.715. The molecule has 0 aromatic rings. The number of hydrogen-bond donors (Lipinski definition) is 0. The van der Waals surface area contributed by atoms with Gasteiger partial charge >= 0.3 is 16.1 Å². The maximum Gasteiger partial charge on any atom is 0.456 e. The highest BCUT2D eigenvalue weighted by Gasteiger charge is 2.64. The second-order valence-electron chi connectivity index (χ2n) is 2.07. The first kappa shape index (κ1) is 14.5. The van der Waals surface area contributed by atoms with Gasteiger partial charge in [0.2, 0.25) is 0 Å². The molecule has 92 valence electrons. The second-order valence-corrected chi connectivity index (χ2v) is 6.25. The summed E-state index contributed by atoms with van der Waals surface area (Å²) >= 11 is 0. The van der Waals surface area contributed by atoms with E-state index in [1.165, 1.54) is 0 Å². The Labute approximate surface area is 79.7 Å². The van der Waals surface area contributed by atoms with Crippen molar-refractivity contribution in [3.8, 4) is 0 Å². The van der Waals surface area contributed by atoms with Crippen LogP contribution in [0.1, 0.15) is 0 Å². The van der Waals surface area contributed by atoms with Crippen molar-refractivity contribution in [1.29, 1.82) is 0 Å². The van der Waals surface area contributed by atoms with Gasteiger partial charge in [0.15, 0.2) is 0 Å². The topological polar surface area (TPSA) is 68.3 Å². The Morgan fingerprint density at radius 3 is 1.07 bits per heavy atom. The van der Waals surface area contributed by atoms with Gasteiger partial charge in [-0.05, 0) is 0 Å². The molecule has 0 aliphatic carbocycles. The molecule has 0 saturated carbocycles. The van der Waals surface area contributed by atoms with Gasteiger partial charge in [-0.1, -0.05) is 0 Å². The Bertz CT molecular complexity index is 381. The molecule has 12 heteroatoms. The lowest BCUT2D eigenvalue weighted by atomic mass is 11.6. The van der Waals surface area contributed by atoms with E-state index in [1.807, 2.05) is 0 Å². The van der Waals surface area contributed by atoms with Gasteiger partial charge in [-0.15, -0.1) is 0 Å². The van der Waals surface area contributed by atoms with Gasteiger partial charge in [0.1, 0.15) is 0 Å². The number of halogens is 6. The predicted molar refractivity (Wildman–Crippen MR) is 34.8 cm³/mol. The molecule has 15 heavy (non-hydrogen) atoms. The average Bonchev–Trinajstić information content (AvgIpc) is 2.02. The third-order valence-electron chi connectivity index (χ3n) is 1.13. The monoisotopic (exact) mass is 280 g/mol. The van der Waals surface area contributed by atoms with Gasteiger partial charge in [-0.2, -0.15) is 26.3 Å². The zero-order chi connectivity index (χ0) is 12.7. The Hall–Kier alpha value is -0.520. The van der Waals surface area contributed by atoms with Gasteiger partial charge in [-0.3, -0.25) is 0 Å². The van der Waals surface area contributed by atoms with E-state index in [1.54, 1.807) is 0 Å². The van der Waals surface area contributed by atoms with Crippen LogP contribution in [0.15, 0.2) is 0 Å². The van der Waals surface area contributed by atoms with Gasteiger partial charge in [-0.25, -0.2) is 16.8 Å².